The molecule has 3 rings (SSSR count). The second kappa shape index (κ2) is 8.22. The number of rotatable bonds is 6. The van der Waals surface area contributed by atoms with E-state index in [-0.39, 0.29) is 28.1 Å². The van der Waals surface area contributed by atoms with Crippen molar-refractivity contribution in [2.75, 3.05) is 4.72 Å². The van der Waals surface area contributed by atoms with Gasteiger partial charge in [-0.1, -0.05) is 36.4 Å². The van der Waals surface area contributed by atoms with Gasteiger partial charge in [-0.05, 0) is 55.0 Å². The molecular formula is C21H19FN2O3S. The third kappa shape index (κ3) is 4.75. The Bertz CT molecular complexity index is 1070. The molecule has 0 aliphatic rings. The Morgan fingerprint density at radius 1 is 0.929 bits per heavy atom. The van der Waals surface area contributed by atoms with E-state index in [1.165, 1.54) is 30.3 Å². The van der Waals surface area contributed by atoms with Gasteiger partial charge < -0.3 is 5.32 Å². The topological polar surface area (TPSA) is 75.3 Å². The van der Waals surface area contributed by atoms with E-state index >= 15 is 0 Å². The summed E-state index contributed by atoms with van der Waals surface area (Å²) in [5, 5.41) is 2.85. The van der Waals surface area contributed by atoms with Crippen LogP contribution >= 0.6 is 0 Å². The molecule has 1 atom stereocenters. The molecule has 3 aromatic carbocycles. The van der Waals surface area contributed by atoms with Gasteiger partial charge in [0.1, 0.15) is 5.82 Å². The lowest BCUT2D eigenvalue weighted by molar-refractivity contribution is 0.0939. The largest absolute Gasteiger partial charge is 0.346 e. The normalized spacial score (nSPS) is 12.2. The Hall–Kier alpha value is -3.19. The van der Waals surface area contributed by atoms with Crippen molar-refractivity contribution in [3.05, 3.63) is 95.8 Å². The molecular weight excluding hydrogens is 379 g/mol. The van der Waals surface area contributed by atoms with Gasteiger partial charge >= 0.3 is 0 Å². The maximum absolute atomic E-state index is 13.0. The fourth-order valence-corrected chi connectivity index (χ4v) is 3.75. The van der Waals surface area contributed by atoms with Crippen molar-refractivity contribution in [2.24, 2.45) is 0 Å². The lowest BCUT2D eigenvalue weighted by Gasteiger charge is -2.15. The number of anilines is 1. The highest BCUT2D eigenvalue weighted by Crippen LogP contribution is 2.18. The van der Waals surface area contributed by atoms with Crippen LogP contribution in [0.2, 0.25) is 0 Å². The Balaban J connectivity index is 1.77. The van der Waals surface area contributed by atoms with Gasteiger partial charge in [-0.15, -0.1) is 0 Å². The molecule has 0 bridgehead atoms. The van der Waals surface area contributed by atoms with E-state index in [2.05, 4.69) is 10.0 Å². The van der Waals surface area contributed by atoms with Crippen molar-refractivity contribution in [1.82, 2.24) is 5.32 Å². The quantitative estimate of drug-likeness (QED) is 0.656. The van der Waals surface area contributed by atoms with E-state index in [1.807, 2.05) is 37.3 Å². The summed E-state index contributed by atoms with van der Waals surface area (Å²) in [6, 6.07) is 19.9. The Labute approximate surface area is 163 Å². The Morgan fingerprint density at radius 3 is 2.29 bits per heavy atom. The van der Waals surface area contributed by atoms with Crippen molar-refractivity contribution in [2.45, 2.75) is 17.9 Å². The molecule has 28 heavy (non-hydrogen) atoms. The minimum Gasteiger partial charge on any atom is -0.346 e. The van der Waals surface area contributed by atoms with Crippen LogP contribution in [0.5, 0.6) is 0 Å². The first-order valence-electron chi connectivity index (χ1n) is 8.59. The number of nitrogens with one attached hydrogen (secondary N) is 2. The highest BCUT2D eigenvalue weighted by Gasteiger charge is 2.18. The lowest BCUT2D eigenvalue weighted by Crippen LogP contribution is -2.26. The predicted molar refractivity (Wildman–Crippen MR) is 106 cm³/mol. The van der Waals surface area contributed by atoms with Gasteiger partial charge in [0.05, 0.1) is 10.9 Å². The standard InChI is InChI=1S/C21H19FN2O3S/c1-15(16-6-3-2-4-7-16)23-21(25)17-8-5-9-20(14-17)28(26,27)24-19-12-10-18(22)11-13-19/h2-15,24H,1H3,(H,23,25)/t15-/m1/s1. The van der Waals surface area contributed by atoms with E-state index in [0.717, 1.165) is 17.7 Å². The molecule has 0 aromatic heterocycles. The third-order valence-electron chi connectivity index (χ3n) is 4.15. The summed E-state index contributed by atoms with van der Waals surface area (Å²) in [5.41, 5.74) is 1.40. The molecule has 0 unspecified atom stereocenters. The fraction of sp³-hybridized carbons (Fsp3) is 0.0952. The molecule has 0 aliphatic heterocycles. The van der Waals surface area contributed by atoms with Gasteiger partial charge in [-0.2, -0.15) is 0 Å². The maximum atomic E-state index is 13.0. The number of amides is 1. The molecule has 5 nitrogen and oxygen atoms in total. The highest BCUT2D eigenvalue weighted by atomic mass is 32.2. The first kappa shape index (κ1) is 19.6. The maximum Gasteiger partial charge on any atom is 0.261 e. The number of carbonyl (C=O) groups is 1. The van der Waals surface area contributed by atoms with E-state index in [4.69, 9.17) is 0 Å². The van der Waals surface area contributed by atoms with Crippen molar-refractivity contribution in [3.8, 4) is 0 Å². The van der Waals surface area contributed by atoms with Crippen LogP contribution in [0.3, 0.4) is 0 Å². The number of carbonyl (C=O) groups excluding carboxylic acids is 1. The Morgan fingerprint density at radius 2 is 1.61 bits per heavy atom. The summed E-state index contributed by atoms with van der Waals surface area (Å²) < 4.78 is 40.5. The molecule has 0 saturated heterocycles. The van der Waals surface area contributed by atoms with Crippen LogP contribution in [0.15, 0.2) is 83.8 Å². The van der Waals surface area contributed by atoms with E-state index in [0.29, 0.717) is 0 Å². The van der Waals surface area contributed by atoms with Gasteiger partial charge in [0, 0.05) is 11.3 Å². The number of hydrogen-bond acceptors (Lipinski definition) is 3. The van der Waals surface area contributed by atoms with E-state index in [9.17, 15) is 17.6 Å². The van der Waals surface area contributed by atoms with Crippen molar-refractivity contribution in [3.63, 3.8) is 0 Å². The zero-order valence-electron chi connectivity index (χ0n) is 15.1. The molecule has 0 saturated carbocycles. The minimum atomic E-state index is -3.92. The monoisotopic (exact) mass is 398 g/mol. The first-order valence-corrected chi connectivity index (χ1v) is 10.1. The second-order valence-corrected chi connectivity index (χ2v) is 7.93. The molecule has 0 heterocycles. The van der Waals surface area contributed by atoms with E-state index < -0.39 is 15.8 Å². The second-order valence-electron chi connectivity index (χ2n) is 6.25. The van der Waals surface area contributed by atoms with Crippen LogP contribution in [0.25, 0.3) is 0 Å². The summed E-state index contributed by atoms with van der Waals surface area (Å²) in [6.07, 6.45) is 0. The molecule has 0 fully saturated rings. The minimum absolute atomic E-state index is 0.0585. The van der Waals surface area contributed by atoms with E-state index in [1.54, 1.807) is 6.07 Å². The average Bonchev–Trinajstić information content (AvgIpc) is 2.70. The fourth-order valence-electron chi connectivity index (χ4n) is 2.64. The average molecular weight is 398 g/mol. The number of benzene rings is 3. The lowest BCUT2D eigenvalue weighted by atomic mass is 10.1. The van der Waals surface area contributed by atoms with Crippen LogP contribution in [0.4, 0.5) is 10.1 Å². The molecule has 0 radical (unpaired) electrons. The van der Waals surface area contributed by atoms with Gasteiger partial charge in [0.15, 0.2) is 0 Å². The zero-order chi connectivity index (χ0) is 20.1. The molecule has 144 valence electrons. The summed E-state index contributed by atoms with van der Waals surface area (Å²) in [6.45, 7) is 1.85. The highest BCUT2D eigenvalue weighted by molar-refractivity contribution is 7.92. The molecule has 2 N–H and O–H groups in total. The van der Waals surface area contributed by atoms with Crippen LogP contribution in [-0.2, 0) is 10.0 Å². The SMILES string of the molecule is C[C@@H](NC(=O)c1cccc(S(=O)(=O)Nc2ccc(F)cc2)c1)c1ccccc1. The number of sulfonamides is 1. The summed E-state index contributed by atoms with van der Waals surface area (Å²) in [5.74, 6) is -0.843. The van der Waals surface area contributed by atoms with Crippen molar-refractivity contribution in [1.29, 1.82) is 0 Å². The van der Waals surface area contributed by atoms with Crippen molar-refractivity contribution >= 4 is 21.6 Å². The third-order valence-corrected chi connectivity index (χ3v) is 5.53. The van der Waals surface area contributed by atoms with Gasteiger partial charge in [0.2, 0.25) is 0 Å². The van der Waals surface area contributed by atoms with Crippen LogP contribution < -0.4 is 10.0 Å². The van der Waals surface area contributed by atoms with Gasteiger partial charge in [-0.3, -0.25) is 9.52 Å². The Kier molecular flexibility index (Phi) is 5.75. The predicted octanol–water partition coefficient (Wildman–Crippen LogP) is 4.12. The van der Waals surface area contributed by atoms with Gasteiger partial charge in [-0.25, -0.2) is 12.8 Å². The van der Waals surface area contributed by atoms with Crippen LogP contribution in [-0.4, -0.2) is 14.3 Å². The molecule has 1 amide bonds. The van der Waals surface area contributed by atoms with Gasteiger partial charge in [0.25, 0.3) is 15.9 Å². The summed E-state index contributed by atoms with van der Waals surface area (Å²) >= 11 is 0. The molecule has 0 spiro atoms. The molecule has 7 heteroatoms. The number of halogens is 1. The smallest absolute Gasteiger partial charge is 0.261 e. The molecule has 3 aromatic rings. The van der Waals surface area contributed by atoms with Crippen molar-refractivity contribution < 1.29 is 17.6 Å². The zero-order valence-corrected chi connectivity index (χ0v) is 15.9. The molecule has 0 aliphatic carbocycles. The summed E-state index contributed by atoms with van der Waals surface area (Å²) in [7, 11) is -3.92. The number of hydrogen-bond donors (Lipinski definition) is 2. The first-order chi connectivity index (χ1) is 13.3. The van der Waals surface area contributed by atoms with Crippen LogP contribution in [0, 0.1) is 5.82 Å². The summed E-state index contributed by atoms with van der Waals surface area (Å²) in [4.78, 5) is 12.5. The van der Waals surface area contributed by atoms with Crippen LogP contribution in [0.1, 0.15) is 28.9 Å².